The Morgan fingerprint density at radius 3 is 2.52 bits per heavy atom. The molecule has 0 aliphatic heterocycles. The van der Waals surface area contributed by atoms with Gasteiger partial charge in [0.05, 0.1) is 11.4 Å². The highest BCUT2D eigenvalue weighted by atomic mass is 32.2. The molecule has 0 atom stereocenters. The van der Waals surface area contributed by atoms with Crippen LogP contribution in [0.25, 0.3) is 0 Å². The van der Waals surface area contributed by atoms with Gasteiger partial charge >= 0.3 is 0 Å². The van der Waals surface area contributed by atoms with Gasteiger partial charge in [-0.2, -0.15) is 5.10 Å². The van der Waals surface area contributed by atoms with Gasteiger partial charge in [-0.3, -0.25) is 4.68 Å². The van der Waals surface area contributed by atoms with Crippen LogP contribution in [0.5, 0.6) is 0 Å². The van der Waals surface area contributed by atoms with Crippen molar-refractivity contribution in [3.63, 3.8) is 0 Å². The van der Waals surface area contributed by atoms with Crippen molar-refractivity contribution >= 4 is 15.7 Å². The van der Waals surface area contributed by atoms with E-state index in [-0.39, 0.29) is 4.90 Å². The zero-order chi connectivity index (χ0) is 15.6. The van der Waals surface area contributed by atoms with Gasteiger partial charge in [0.1, 0.15) is 4.90 Å². The van der Waals surface area contributed by atoms with Crippen LogP contribution in [-0.4, -0.2) is 36.6 Å². The predicted molar refractivity (Wildman–Crippen MR) is 82.6 cm³/mol. The average molecular weight is 308 g/mol. The third kappa shape index (κ3) is 3.25. The van der Waals surface area contributed by atoms with E-state index in [9.17, 15) is 8.42 Å². The van der Waals surface area contributed by atoms with Gasteiger partial charge in [-0.15, -0.1) is 0 Å². The quantitative estimate of drug-likeness (QED) is 0.911. The smallest absolute Gasteiger partial charge is 0.244 e. The maximum atomic E-state index is 12.3. The Labute approximate surface area is 125 Å². The highest BCUT2D eigenvalue weighted by Gasteiger charge is 2.20. The first-order valence-electron chi connectivity index (χ1n) is 6.57. The molecule has 0 saturated carbocycles. The summed E-state index contributed by atoms with van der Waals surface area (Å²) in [6.07, 6.45) is 1.92. The molecule has 0 bridgehead atoms. The van der Waals surface area contributed by atoms with Crippen molar-refractivity contribution in [2.75, 3.05) is 19.4 Å². The number of benzene rings is 1. The lowest BCUT2D eigenvalue weighted by molar-refractivity contribution is 0.521. The minimum atomic E-state index is -3.47. The molecule has 1 aromatic carbocycles. The molecular weight excluding hydrogens is 288 g/mol. The van der Waals surface area contributed by atoms with Gasteiger partial charge in [0.25, 0.3) is 0 Å². The van der Waals surface area contributed by atoms with Crippen molar-refractivity contribution in [1.82, 2.24) is 14.1 Å². The van der Waals surface area contributed by atoms with E-state index >= 15 is 0 Å². The minimum absolute atomic E-state index is 0.275. The van der Waals surface area contributed by atoms with Crippen molar-refractivity contribution < 1.29 is 8.42 Å². The molecule has 1 aromatic heterocycles. The topological polar surface area (TPSA) is 67.2 Å². The second-order valence-electron chi connectivity index (χ2n) is 5.05. The van der Waals surface area contributed by atoms with Gasteiger partial charge in [-0.25, -0.2) is 12.7 Å². The second kappa shape index (κ2) is 5.87. The predicted octanol–water partition coefficient (Wildman–Crippen LogP) is 1.59. The molecule has 1 N–H and O–H groups in total. The first-order chi connectivity index (χ1) is 9.82. The third-order valence-corrected chi connectivity index (χ3v) is 5.10. The van der Waals surface area contributed by atoms with Gasteiger partial charge in [-0.05, 0) is 19.1 Å². The van der Waals surface area contributed by atoms with Gasteiger partial charge in [0.2, 0.25) is 10.0 Å². The SMILES string of the molecule is Cc1nn(C)cc1CNc1ccccc1S(=O)(=O)N(C)C. The normalized spacial score (nSPS) is 11.9. The van der Waals surface area contributed by atoms with E-state index in [1.165, 1.54) is 18.4 Å². The zero-order valence-corrected chi connectivity index (χ0v) is 13.5. The molecule has 0 aliphatic rings. The maximum absolute atomic E-state index is 12.3. The molecule has 0 unspecified atom stereocenters. The molecule has 0 spiro atoms. The summed E-state index contributed by atoms with van der Waals surface area (Å²) in [6.45, 7) is 2.46. The van der Waals surface area contributed by atoms with Crippen LogP contribution in [-0.2, 0) is 23.6 Å². The van der Waals surface area contributed by atoms with Gasteiger partial charge < -0.3 is 5.32 Å². The summed E-state index contributed by atoms with van der Waals surface area (Å²) in [5.41, 5.74) is 2.56. The Morgan fingerprint density at radius 1 is 1.29 bits per heavy atom. The summed E-state index contributed by atoms with van der Waals surface area (Å²) in [4.78, 5) is 0.275. The van der Waals surface area contributed by atoms with E-state index in [2.05, 4.69) is 10.4 Å². The van der Waals surface area contributed by atoms with Crippen molar-refractivity contribution in [2.24, 2.45) is 7.05 Å². The largest absolute Gasteiger partial charge is 0.380 e. The van der Waals surface area contributed by atoms with Crippen LogP contribution < -0.4 is 5.32 Å². The lowest BCUT2D eigenvalue weighted by Gasteiger charge is -2.16. The van der Waals surface area contributed by atoms with Crippen molar-refractivity contribution in [3.05, 3.63) is 41.7 Å². The number of hydrogen-bond donors (Lipinski definition) is 1. The molecule has 0 radical (unpaired) electrons. The monoisotopic (exact) mass is 308 g/mol. The van der Waals surface area contributed by atoms with E-state index in [1.807, 2.05) is 26.2 Å². The molecule has 0 aliphatic carbocycles. The highest BCUT2D eigenvalue weighted by molar-refractivity contribution is 7.89. The fourth-order valence-electron chi connectivity index (χ4n) is 2.05. The average Bonchev–Trinajstić information content (AvgIpc) is 2.74. The molecule has 0 saturated heterocycles. The number of nitrogens with zero attached hydrogens (tertiary/aromatic N) is 3. The lowest BCUT2D eigenvalue weighted by Crippen LogP contribution is -2.23. The first-order valence-corrected chi connectivity index (χ1v) is 8.01. The summed E-state index contributed by atoms with van der Waals surface area (Å²) >= 11 is 0. The van der Waals surface area contributed by atoms with Gasteiger partial charge in [0.15, 0.2) is 0 Å². The van der Waals surface area contributed by atoms with E-state index < -0.39 is 10.0 Å². The lowest BCUT2D eigenvalue weighted by atomic mass is 10.2. The summed E-state index contributed by atoms with van der Waals surface area (Å²) in [5, 5.41) is 7.46. The molecule has 21 heavy (non-hydrogen) atoms. The van der Waals surface area contributed by atoms with E-state index in [1.54, 1.807) is 22.9 Å². The number of hydrogen-bond acceptors (Lipinski definition) is 4. The number of aryl methyl sites for hydroxylation is 2. The molecule has 0 amide bonds. The highest BCUT2D eigenvalue weighted by Crippen LogP contribution is 2.23. The van der Waals surface area contributed by atoms with Crippen LogP contribution in [0.1, 0.15) is 11.3 Å². The maximum Gasteiger partial charge on any atom is 0.244 e. The standard InChI is InChI=1S/C14H20N4O2S/c1-11-12(10-18(4)16-11)9-15-13-7-5-6-8-14(13)21(19,20)17(2)3/h5-8,10,15H,9H2,1-4H3. The van der Waals surface area contributed by atoms with Crippen LogP contribution in [0.4, 0.5) is 5.69 Å². The fourth-order valence-corrected chi connectivity index (χ4v) is 3.11. The van der Waals surface area contributed by atoms with Crippen molar-refractivity contribution in [2.45, 2.75) is 18.4 Å². The van der Waals surface area contributed by atoms with E-state index in [4.69, 9.17) is 0 Å². The molecule has 7 heteroatoms. The first kappa shape index (κ1) is 15.5. The van der Waals surface area contributed by atoms with Crippen LogP contribution in [0.15, 0.2) is 35.4 Å². The van der Waals surface area contributed by atoms with Gasteiger partial charge in [0, 0.05) is 39.4 Å². The number of sulfonamides is 1. The molecule has 6 nitrogen and oxygen atoms in total. The summed E-state index contributed by atoms with van der Waals surface area (Å²) in [6, 6.07) is 6.90. The molecular formula is C14H20N4O2S. The number of nitrogens with one attached hydrogen (secondary N) is 1. The van der Waals surface area contributed by atoms with E-state index in [0.717, 1.165) is 11.3 Å². The third-order valence-electron chi connectivity index (χ3n) is 3.23. The summed E-state index contributed by atoms with van der Waals surface area (Å²) in [7, 11) is 1.45. The van der Waals surface area contributed by atoms with Gasteiger partial charge in [-0.1, -0.05) is 12.1 Å². The number of para-hydroxylation sites is 1. The molecule has 114 valence electrons. The summed E-state index contributed by atoms with van der Waals surface area (Å²) < 4.78 is 27.6. The number of aromatic nitrogens is 2. The minimum Gasteiger partial charge on any atom is -0.380 e. The van der Waals surface area contributed by atoms with Crippen LogP contribution in [0.2, 0.25) is 0 Å². The Kier molecular flexibility index (Phi) is 4.34. The number of anilines is 1. The Balaban J connectivity index is 2.28. The molecule has 0 fully saturated rings. The molecule has 1 heterocycles. The van der Waals surface area contributed by atoms with E-state index in [0.29, 0.717) is 12.2 Å². The van der Waals surface area contributed by atoms with Crippen molar-refractivity contribution in [3.8, 4) is 0 Å². The Bertz CT molecular complexity index is 735. The summed E-state index contributed by atoms with van der Waals surface area (Å²) in [5.74, 6) is 0. The Hall–Kier alpha value is -1.86. The van der Waals surface area contributed by atoms with Crippen molar-refractivity contribution in [1.29, 1.82) is 0 Å². The second-order valence-corrected chi connectivity index (χ2v) is 7.17. The van der Waals surface area contributed by atoms with Crippen LogP contribution >= 0.6 is 0 Å². The molecule has 2 rings (SSSR count). The van der Waals surface area contributed by atoms with Crippen LogP contribution in [0.3, 0.4) is 0 Å². The molecule has 2 aromatic rings. The number of rotatable bonds is 5. The zero-order valence-electron chi connectivity index (χ0n) is 12.7. The Morgan fingerprint density at radius 2 is 1.95 bits per heavy atom. The fraction of sp³-hybridized carbons (Fsp3) is 0.357. The van der Waals surface area contributed by atoms with Crippen LogP contribution in [0, 0.1) is 6.92 Å².